The third kappa shape index (κ3) is 2.48. The number of benzene rings is 1. The van der Waals surface area contributed by atoms with Crippen molar-refractivity contribution in [3.05, 3.63) is 22.4 Å². The molecule has 1 aromatic carbocycles. The molecule has 2 rings (SSSR count). The van der Waals surface area contributed by atoms with Crippen molar-refractivity contribution >= 4 is 27.3 Å². The van der Waals surface area contributed by atoms with Crippen LogP contribution in [0.25, 0.3) is 0 Å². The van der Waals surface area contributed by atoms with Crippen LogP contribution in [0.3, 0.4) is 0 Å². The summed E-state index contributed by atoms with van der Waals surface area (Å²) in [7, 11) is 0. The maximum Gasteiger partial charge on any atom is 0.139 e. The van der Waals surface area contributed by atoms with E-state index < -0.39 is 0 Å². The van der Waals surface area contributed by atoms with Crippen molar-refractivity contribution in [2.75, 3.05) is 17.2 Å². The fourth-order valence-corrected chi connectivity index (χ4v) is 3.19. The SMILES string of the molecule is CC1CC(C)C(C)N(c2cc(F)c(Br)cc2N)C1. The van der Waals surface area contributed by atoms with Gasteiger partial charge in [0, 0.05) is 18.7 Å². The Balaban J connectivity index is 2.38. The highest BCUT2D eigenvalue weighted by Gasteiger charge is 2.30. The monoisotopic (exact) mass is 314 g/mol. The fourth-order valence-electron chi connectivity index (χ4n) is 2.83. The molecule has 0 spiro atoms. The van der Waals surface area contributed by atoms with Gasteiger partial charge in [0.05, 0.1) is 15.8 Å². The quantitative estimate of drug-likeness (QED) is 0.793. The van der Waals surface area contributed by atoms with Crippen molar-refractivity contribution in [3.8, 4) is 0 Å². The van der Waals surface area contributed by atoms with Gasteiger partial charge in [0.25, 0.3) is 0 Å². The third-order valence-electron chi connectivity index (χ3n) is 3.98. The smallest absolute Gasteiger partial charge is 0.139 e. The van der Waals surface area contributed by atoms with E-state index >= 15 is 0 Å². The molecule has 1 aliphatic heterocycles. The lowest BCUT2D eigenvalue weighted by Crippen LogP contribution is -2.46. The predicted molar refractivity (Wildman–Crippen MR) is 78.3 cm³/mol. The Kier molecular flexibility index (Phi) is 3.85. The standard InChI is InChI=1S/C14H20BrFN2/c1-8-4-9(2)10(3)18(7-8)14-6-12(16)11(15)5-13(14)17/h5-6,8-10H,4,7,17H2,1-3H3. The Morgan fingerprint density at radius 3 is 2.67 bits per heavy atom. The van der Waals surface area contributed by atoms with E-state index in [1.807, 2.05) is 0 Å². The van der Waals surface area contributed by atoms with Gasteiger partial charge in [-0.25, -0.2) is 4.39 Å². The molecule has 0 aromatic heterocycles. The minimum Gasteiger partial charge on any atom is -0.397 e. The first-order valence-corrected chi connectivity index (χ1v) is 7.20. The Hall–Kier alpha value is -0.770. The third-order valence-corrected chi connectivity index (χ3v) is 4.58. The second-order valence-corrected chi connectivity index (χ2v) is 6.39. The van der Waals surface area contributed by atoms with E-state index in [4.69, 9.17) is 5.73 Å². The summed E-state index contributed by atoms with van der Waals surface area (Å²) < 4.78 is 14.1. The number of nitrogens with zero attached hydrogens (tertiary/aromatic N) is 1. The van der Waals surface area contributed by atoms with Crippen molar-refractivity contribution in [1.29, 1.82) is 0 Å². The van der Waals surface area contributed by atoms with Crippen LogP contribution in [0.4, 0.5) is 15.8 Å². The molecule has 18 heavy (non-hydrogen) atoms. The van der Waals surface area contributed by atoms with Crippen LogP contribution in [0.1, 0.15) is 27.2 Å². The number of nitrogens with two attached hydrogens (primary N) is 1. The molecule has 3 atom stereocenters. The highest BCUT2D eigenvalue weighted by atomic mass is 79.9. The van der Waals surface area contributed by atoms with Crippen molar-refractivity contribution in [2.24, 2.45) is 11.8 Å². The molecule has 0 bridgehead atoms. The van der Waals surface area contributed by atoms with Crippen LogP contribution in [-0.4, -0.2) is 12.6 Å². The zero-order chi connectivity index (χ0) is 13.4. The first kappa shape index (κ1) is 13.7. The van der Waals surface area contributed by atoms with Gasteiger partial charge in [-0.05, 0) is 47.2 Å². The van der Waals surface area contributed by atoms with Gasteiger partial charge < -0.3 is 10.6 Å². The van der Waals surface area contributed by atoms with Gasteiger partial charge in [-0.15, -0.1) is 0 Å². The van der Waals surface area contributed by atoms with E-state index in [1.54, 1.807) is 12.1 Å². The van der Waals surface area contributed by atoms with Gasteiger partial charge in [-0.1, -0.05) is 13.8 Å². The van der Waals surface area contributed by atoms with Gasteiger partial charge in [0.2, 0.25) is 0 Å². The molecule has 0 amide bonds. The normalized spacial score (nSPS) is 28.5. The lowest BCUT2D eigenvalue weighted by Gasteiger charge is -2.43. The number of anilines is 2. The van der Waals surface area contributed by atoms with Gasteiger partial charge in [0.1, 0.15) is 5.82 Å². The number of piperidine rings is 1. The molecule has 2 N–H and O–H groups in total. The maximum absolute atomic E-state index is 13.7. The van der Waals surface area contributed by atoms with Gasteiger partial charge in [-0.2, -0.15) is 0 Å². The first-order chi connectivity index (χ1) is 8.40. The topological polar surface area (TPSA) is 29.3 Å². The van der Waals surface area contributed by atoms with E-state index in [-0.39, 0.29) is 5.82 Å². The van der Waals surface area contributed by atoms with E-state index in [2.05, 4.69) is 41.6 Å². The summed E-state index contributed by atoms with van der Waals surface area (Å²) in [5, 5.41) is 0. The second-order valence-electron chi connectivity index (χ2n) is 5.54. The van der Waals surface area contributed by atoms with Crippen LogP contribution in [0.2, 0.25) is 0 Å². The summed E-state index contributed by atoms with van der Waals surface area (Å²) in [5.74, 6) is 0.958. The largest absolute Gasteiger partial charge is 0.397 e. The Morgan fingerprint density at radius 1 is 1.33 bits per heavy atom. The zero-order valence-corrected chi connectivity index (χ0v) is 12.7. The molecular formula is C14H20BrFN2. The average Bonchev–Trinajstić information content (AvgIpc) is 2.29. The van der Waals surface area contributed by atoms with Crippen LogP contribution in [0.5, 0.6) is 0 Å². The summed E-state index contributed by atoms with van der Waals surface area (Å²) in [4.78, 5) is 2.24. The first-order valence-electron chi connectivity index (χ1n) is 6.41. The Morgan fingerprint density at radius 2 is 2.00 bits per heavy atom. The minimum absolute atomic E-state index is 0.253. The van der Waals surface area contributed by atoms with E-state index in [1.165, 1.54) is 6.42 Å². The molecule has 3 unspecified atom stereocenters. The lowest BCUT2D eigenvalue weighted by molar-refractivity contribution is 0.297. The van der Waals surface area contributed by atoms with Crippen LogP contribution >= 0.6 is 15.9 Å². The molecule has 1 fully saturated rings. The summed E-state index contributed by atoms with van der Waals surface area (Å²) in [6.45, 7) is 7.62. The van der Waals surface area contributed by atoms with Crippen molar-refractivity contribution in [2.45, 2.75) is 33.2 Å². The minimum atomic E-state index is -0.253. The number of hydrogen-bond acceptors (Lipinski definition) is 2. The van der Waals surface area contributed by atoms with E-state index in [0.29, 0.717) is 28.0 Å². The molecule has 1 aromatic rings. The molecule has 1 saturated heterocycles. The average molecular weight is 315 g/mol. The second kappa shape index (κ2) is 5.08. The van der Waals surface area contributed by atoms with Crippen LogP contribution in [-0.2, 0) is 0 Å². The van der Waals surface area contributed by atoms with Crippen LogP contribution in [0.15, 0.2) is 16.6 Å². The summed E-state index contributed by atoms with van der Waals surface area (Å²) in [5.41, 5.74) is 7.49. The summed E-state index contributed by atoms with van der Waals surface area (Å²) in [6, 6.07) is 3.59. The molecule has 0 aliphatic carbocycles. The van der Waals surface area contributed by atoms with E-state index in [9.17, 15) is 4.39 Å². The van der Waals surface area contributed by atoms with Crippen LogP contribution in [0, 0.1) is 17.7 Å². The van der Waals surface area contributed by atoms with Crippen molar-refractivity contribution < 1.29 is 4.39 Å². The number of hydrogen-bond donors (Lipinski definition) is 1. The Labute approximate surface area is 116 Å². The molecule has 2 nitrogen and oxygen atoms in total. The number of halogens is 2. The van der Waals surface area contributed by atoms with Crippen molar-refractivity contribution in [1.82, 2.24) is 0 Å². The molecule has 0 radical (unpaired) electrons. The number of rotatable bonds is 1. The van der Waals surface area contributed by atoms with E-state index in [0.717, 1.165) is 12.2 Å². The molecule has 1 heterocycles. The highest BCUT2D eigenvalue weighted by Crippen LogP contribution is 2.36. The number of nitrogen functional groups attached to an aromatic ring is 1. The van der Waals surface area contributed by atoms with Gasteiger partial charge in [-0.3, -0.25) is 0 Å². The highest BCUT2D eigenvalue weighted by molar-refractivity contribution is 9.10. The molecule has 100 valence electrons. The fraction of sp³-hybridized carbons (Fsp3) is 0.571. The summed E-state index contributed by atoms with van der Waals surface area (Å²) in [6.07, 6.45) is 1.22. The zero-order valence-electron chi connectivity index (χ0n) is 11.1. The molecule has 4 heteroatoms. The summed E-state index contributed by atoms with van der Waals surface area (Å²) >= 11 is 3.17. The predicted octanol–water partition coefficient (Wildman–Crippen LogP) is 4.04. The molecular weight excluding hydrogens is 295 g/mol. The van der Waals surface area contributed by atoms with Gasteiger partial charge >= 0.3 is 0 Å². The lowest BCUT2D eigenvalue weighted by atomic mass is 9.85. The molecule has 0 saturated carbocycles. The maximum atomic E-state index is 13.7. The molecule has 1 aliphatic rings. The Bertz CT molecular complexity index is 450. The van der Waals surface area contributed by atoms with Crippen molar-refractivity contribution in [3.63, 3.8) is 0 Å². The van der Waals surface area contributed by atoms with Gasteiger partial charge in [0.15, 0.2) is 0 Å². The van der Waals surface area contributed by atoms with Crippen LogP contribution < -0.4 is 10.6 Å².